The van der Waals surface area contributed by atoms with Gasteiger partial charge in [0.15, 0.2) is 5.58 Å². The average Bonchev–Trinajstić information content (AvgIpc) is 2.86. The van der Waals surface area contributed by atoms with Crippen LogP contribution in [0.3, 0.4) is 0 Å². The molecule has 24 heavy (non-hydrogen) atoms. The smallest absolute Gasteiger partial charge is 0.230 e. The van der Waals surface area contributed by atoms with Gasteiger partial charge in [-0.05, 0) is 62.9 Å². The zero-order chi connectivity index (χ0) is 17.4. The molecule has 3 rings (SSSR count). The molecule has 0 saturated carbocycles. The number of benzene rings is 2. The summed E-state index contributed by atoms with van der Waals surface area (Å²) >= 11 is 0. The Balaban J connectivity index is 1.86. The van der Waals surface area contributed by atoms with Gasteiger partial charge in [-0.3, -0.25) is 4.79 Å². The first-order valence-corrected chi connectivity index (χ1v) is 8.08. The van der Waals surface area contributed by atoms with Gasteiger partial charge in [0.05, 0.1) is 6.42 Å². The largest absolute Gasteiger partial charge is 0.356 e. The number of nitrogens with zero attached hydrogens (tertiary/aromatic N) is 1. The van der Waals surface area contributed by atoms with Crippen molar-refractivity contribution in [2.75, 3.05) is 5.32 Å². The van der Waals surface area contributed by atoms with Crippen LogP contribution in [0.2, 0.25) is 0 Å². The van der Waals surface area contributed by atoms with E-state index in [2.05, 4.69) is 35.6 Å². The Morgan fingerprint density at radius 2 is 1.54 bits per heavy atom. The number of rotatable bonds is 3. The van der Waals surface area contributed by atoms with Crippen molar-refractivity contribution in [1.29, 1.82) is 0 Å². The minimum atomic E-state index is -0.0839. The Hall–Kier alpha value is -2.62. The van der Waals surface area contributed by atoms with E-state index in [0.29, 0.717) is 5.69 Å². The maximum absolute atomic E-state index is 12.5. The number of carbonyl (C=O) groups is 1. The van der Waals surface area contributed by atoms with E-state index >= 15 is 0 Å². The zero-order valence-electron chi connectivity index (χ0n) is 14.8. The summed E-state index contributed by atoms with van der Waals surface area (Å²) in [6, 6.07) is 8.21. The Morgan fingerprint density at radius 1 is 0.958 bits per heavy atom. The fourth-order valence-corrected chi connectivity index (χ4v) is 3.28. The van der Waals surface area contributed by atoms with Crippen LogP contribution in [-0.4, -0.2) is 11.1 Å². The second kappa shape index (κ2) is 6.11. The predicted molar refractivity (Wildman–Crippen MR) is 96.5 cm³/mol. The maximum atomic E-state index is 12.5. The summed E-state index contributed by atoms with van der Waals surface area (Å²) in [6.45, 7) is 10.1. The third kappa shape index (κ3) is 3.04. The predicted octanol–water partition coefficient (Wildman–Crippen LogP) is 4.55. The van der Waals surface area contributed by atoms with E-state index in [0.717, 1.165) is 38.9 Å². The van der Waals surface area contributed by atoms with E-state index in [1.165, 1.54) is 5.56 Å². The van der Waals surface area contributed by atoms with E-state index in [9.17, 15) is 4.79 Å². The second-order valence-electron chi connectivity index (χ2n) is 6.59. The molecule has 1 N–H and O–H groups in total. The highest BCUT2D eigenvalue weighted by Gasteiger charge is 2.15. The number of hydrogen-bond acceptors (Lipinski definition) is 3. The van der Waals surface area contributed by atoms with Crippen LogP contribution < -0.4 is 5.32 Å². The number of fused-ring (bicyclic) bond motifs is 1. The van der Waals surface area contributed by atoms with Gasteiger partial charge in [0.2, 0.25) is 5.91 Å². The summed E-state index contributed by atoms with van der Waals surface area (Å²) < 4.78 is 5.42. The van der Waals surface area contributed by atoms with Crippen LogP contribution in [0.4, 0.5) is 5.69 Å². The molecule has 1 amide bonds. The van der Waals surface area contributed by atoms with Crippen LogP contribution >= 0.6 is 0 Å². The number of aryl methyl sites for hydroxylation is 5. The number of nitrogens with one attached hydrogen (secondary N) is 1. The quantitative estimate of drug-likeness (QED) is 0.769. The first-order chi connectivity index (χ1) is 11.3. The highest BCUT2D eigenvalue weighted by Crippen LogP contribution is 2.25. The highest BCUT2D eigenvalue weighted by molar-refractivity contribution is 5.96. The molecule has 0 saturated heterocycles. The summed E-state index contributed by atoms with van der Waals surface area (Å²) in [5.41, 5.74) is 7.81. The molecule has 124 valence electrons. The molecule has 1 heterocycles. The first-order valence-electron chi connectivity index (χ1n) is 8.08. The molecule has 4 nitrogen and oxygen atoms in total. The third-order valence-corrected chi connectivity index (χ3v) is 4.25. The monoisotopic (exact) mass is 322 g/mol. The van der Waals surface area contributed by atoms with Crippen molar-refractivity contribution in [1.82, 2.24) is 5.16 Å². The second-order valence-corrected chi connectivity index (χ2v) is 6.59. The average molecular weight is 322 g/mol. The van der Waals surface area contributed by atoms with Crippen LogP contribution in [0, 0.1) is 34.6 Å². The summed E-state index contributed by atoms with van der Waals surface area (Å²) in [4.78, 5) is 12.5. The van der Waals surface area contributed by atoms with E-state index in [1.807, 2.05) is 33.8 Å². The minimum Gasteiger partial charge on any atom is -0.356 e. The van der Waals surface area contributed by atoms with Gasteiger partial charge < -0.3 is 9.84 Å². The lowest BCUT2D eigenvalue weighted by Gasteiger charge is -2.12. The molecule has 0 atom stereocenters. The van der Waals surface area contributed by atoms with Crippen molar-refractivity contribution in [3.8, 4) is 0 Å². The topological polar surface area (TPSA) is 55.1 Å². The molecule has 0 bridgehead atoms. The molecule has 0 aliphatic rings. The number of amides is 1. The molecule has 1 aromatic heterocycles. The van der Waals surface area contributed by atoms with Gasteiger partial charge in [0.1, 0.15) is 5.69 Å². The van der Waals surface area contributed by atoms with E-state index in [4.69, 9.17) is 4.52 Å². The van der Waals surface area contributed by atoms with Gasteiger partial charge in [-0.25, -0.2) is 0 Å². The normalized spacial score (nSPS) is 11.0. The summed E-state index contributed by atoms with van der Waals surface area (Å²) in [7, 11) is 0. The number of anilines is 1. The van der Waals surface area contributed by atoms with E-state index in [-0.39, 0.29) is 12.3 Å². The van der Waals surface area contributed by atoms with Gasteiger partial charge in [0, 0.05) is 11.1 Å². The minimum absolute atomic E-state index is 0.0839. The van der Waals surface area contributed by atoms with Gasteiger partial charge in [-0.2, -0.15) is 0 Å². The van der Waals surface area contributed by atoms with Gasteiger partial charge in [-0.1, -0.05) is 28.9 Å². The van der Waals surface area contributed by atoms with Crippen molar-refractivity contribution in [3.63, 3.8) is 0 Å². The molecule has 0 spiro atoms. The van der Waals surface area contributed by atoms with Crippen molar-refractivity contribution in [3.05, 3.63) is 57.8 Å². The molecular formula is C20H22N2O2. The van der Waals surface area contributed by atoms with Crippen molar-refractivity contribution in [2.45, 2.75) is 41.0 Å². The first kappa shape index (κ1) is 16.2. The van der Waals surface area contributed by atoms with Crippen molar-refractivity contribution in [2.24, 2.45) is 0 Å². The number of hydrogen-bond donors (Lipinski definition) is 1. The van der Waals surface area contributed by atoms with E-state index < -0.39 is 0 Å². The van der Waals surface area contributed by atoms with Crippen LogP contribution in [0.1, 0.15) is 33.5 Å². The highest BCUT2D eigenvalue weighted by atomic mass is 16.5. The fraction of sp³-hybridized carbons (Fsp3) is 0.300. The van der Waals surface area contributed by atoms with Crippen LogP contribution in [0.15, 0.2) is 28.8 Å². The number of carbonyl (C=O) groups excluding carboxylic acids is 1. The zero-order valence-corrected chi connectivity index (χ0v) is 14.8. The Bertz CT molecular complexity index is 915. The summed E-state index contributed by atoms with van der Waals surface area (Å²) in [5, 5.41) is 8.04. The van der Waals surface area contributed by atoms with Gasteiger partial charge in [0.25, 0.3) is 0 Å². The van der Waals surface area contributed by atoms with Gasteiger partial charge in [-0.15, -0.1) is 0 Å². The molecule has 0 unspecified atom stereocenters. The molecule has 4 heteroatoms. The van der Waals surface area contributed by atoms with Crippen molar-refractivity contribution < 1.29 is 9.32 Å². The fourth-order valence-electron chi connectivity index (χ4n) is 3.28. The maximum Gasteiger partial charge on any atom is 0.230 e. The summed E-state index contributed by atoms with van der Waals surface area (Å²) in [6.07, 6.45) is 0.197. The molecule has 3 aromatic rings. The number of aromatic nitrogens is 1. The van der Waals surface area contributed by atoms with Crippen LogP contribution in [0.5, 0.6) is 0 Å². The van der Waals surface area contributed by atoms with Crippen LogP contribution in [0.25, 0.3) is 11.0 Å². The molecule has 0 fully saturated rings. The lowest BCUT2D eigenvalue weighted by atomic mass is 10.0. The molecule has 0 aliphatic heterocycles. The van der Waals surface area contributed by atoms with Gasteiger partial charge >= 0.3 is 0 Å². The van der Waals surface area contributed by atoms with Crippen molar-refractivity contribution >= 4 is 22.6 Å². The molecule has 2 aromatic carbocycles. The van der Waals surface area contributed by atoms with E-state index in [1.54, 1.807) is 0 Å². The molecular weight excluding hydrogens is 300 g/mol. The summed E-state index contributed by atoms with van der Waals surface area (Å²) in [5.74, 6) is -0.0839. The standard InChI is InChI=1S/C20H22N2O2/c1-11-6-13(3)19(14(4)7-11)21-18(23)10-17-16-9-12(2)8-15(5)20(16)24-22-17/h6-9H,10H2,1-5H3,(H,21,23). The third-order valence-electron chi connectivity index (χ3n) is 4.25. The lowest BCUT2D eigenvalue weighted by molar-refractivity contribution is -0.115. The Kier molecular flexibility index (Phi) is 4.14. The Morgan fingerprint density at radius 3 is 2.21 bits per heavy atom. The van der Waals surface area contributed by atoms with Crippen LogP contribution in [-0.2, 0) is 11.2 Å². The SMILES string of the molecule is Cc1cc(C)c(NC(=O)Cc2noc3c(C)cc(C)cc23)c(C)c1. The Labute approximate surface area is 141 Å². The molecule has 0 radical (unpaired) electrons. The lowest BCUT2D eigenvalue weighted by Crippen LogP contribution is -2.16. The molecule has 0 aliphatic carbocycles.